The van der Waals surface area contributed by atoms with E-state index in [9.17, 15) is 9.59 Å². The number of para-hydroxylation sites is 2. The minimum absolute atomic E-state index is 0.00922. The lowest BCUT2D eigenvalue weighted by Crippen LogP contribution is -2.35. The molecule has 28 heavy (non-hydrogen) atoms. The number of carbonyl (C=O) groups excluding carboxylic acids is 2. The lowest BCUT2D eigenvalue weighted by atomic mass is 10.0. The third kappa shape index (κ3) is 4.35. The Morgan fingerprint density at radius 1 is 0.893 bits per heavy atom. The molecule has 2 N–H and O–H groups in total. The van der Waals surface area contributed by atoms with E-state index in [1.54, 1.807) is 6.07 Å². The van der Waals surface area contributed by atoms with Crippen LogP contribution in [0, 0.1) is 5.41 Å². The van der Waals surface area contributed by atoms with E-state index in [0.29, 0.717) is 35.9 Å². The molecule has 5 heteroatoms. The van der Waals surface area contributed by atoms with Gasteiger partial charge in [0.05, 0.1) is 11.8 Å². The predicted molar refractivity (Wildman–Crippen MR) is 112 cm³/mol. The maximum Gasteiger partial charge on any atom is 0.240 e. The summed E-state index contributed by atoms with van der Waals surface area (Å²) >= 11 is 0. The van der Waals surface area contributed by atoms with Crippen LogP contribution in [-0.2, 0) is 9.59 Å². The van der Waals surface area contributed by atoms with Crippen molar-refractivity contribution in [3.63, 3.8) is 0 Å². The molecule has 2 amide bonds. The van der Waals surface area contributed by atoms with Gasteiger partial charge in [-0.25, -0.2) is 0 Å². The summed E-state index contributed by atoms with van der Waals surface area (Å²) in [6.07, 6.45) is 1.08. The maximum absolute atomic E-state index is 12.9. The average molecular weight is 380 g/mol. The molecule has 1 fully saturated rings. The van der Waals surface area contributed by atoms with Gasteiger partial charge in [-0.3, -0.25) is 9.59 Å². The molecule has 1 aliphatic rings. The van der Waals surface area contributed by atoms with Crippen LogP contribution < -0.4 is 15.4 Å². The molecule has 3 rings (SSSR count). The van der Waals surface area contributed by atoms with Crippen molar-refractivity contribution in [3.05, 3.63) is 54.1 Å². The van der Waals surface area contributed by atoms with Gasteiger partial charge in [0, 0.05) is 5.69 Å². The van der Waals surface area contributed by atoms with Crippen molar-refractivity contribution in [1.29, 1.82) is 0 Å². The molecule has 0 atom stereocenters. The first-order valence-electron chi connectivity index (χ1n) is 9.80. The largest absolute Gasteiger partial charge is 0.489 e. The molecule has 0 aliphatic heterocycles. The smallest absolute Gasteiger partial charge is 0.240 e. The highest BCUT2D eigenvalue weighted by Gasteiger charge is 2.56. The standard InChI is InChI=1S/C23H28N2O3/c1-15(2)17-9-11-18(12-10-17)24-21(26)23(13-14-23)22(27)25-19-7-5-6-8-20(19)28-16(3)4/h5-12,15-16H,13-14H2,1-4H3,(H,24,26)(H,25,27). The molecule has 0 saturated heterocycles. The molecule has 0 heterocycles. The van der Waals surface area contributed by atoms with E-state index >= 15 is 0 Å². The molecule has 0 radical (unpaired) electrons. The fourth-order valence-electron chi connectivity index (χ4n) is 3.05. The monoisotopic (exact) mass is 380 g/mol. The third-order valence-electron chi connectivity index (χ3n) is 4.95. The lowest BCUT2D eigenvalue weighted by Gasteiger charge is -2.18. The molecule has 2 aromatic carbocycles. The molecular weight excluding hydrogens is 352 g/mol. The van der Waals surface area contributed by atoms with Gasteiger partial charge in [-0.05, 0) is 62.4 Å². The highest BCUT2D eigenvalue weighted by molar-refractivity contribution is 6.17. The van der Waals surface area contributed by atoms with Crippen LogP contribution in [0.25, 0.3) is 0 Å². The van der Waals surface area contributed by atoms with E-state index in [1.807, 2.05) is 56.3 Å². The molecule has 0 spiro atoms. The minimum Gasteiger partial charge on any atom is -0.489 e. The fraction of sp³-hybridized carbons (Fsp3) is 0.391. The highest BCUT2D eigenvalue weighted by atomic mass is 16.5. The van der Waals surface area contributed by atoms with E-state index in [-0.39, 0.29) is 17.9 Å². The van der Waals surface area contributed by atoms with E-state index in [2.05, 4.69) is 24.5 Å². The van der Waals surface area contributed by atoms with Crippen molar-refractivity contribution in [1.82, 2.24) is 0 Å². The molecule has 0 aromatic heterocycles. The first kappa shape index (κ1) is 19.9. The summed E-state index contributed by atoms with van der Waals surface area (Å²) in [6.45, 7) is 8.11. The van der Waals surface area contributed by atoms with Gasteiger partial charge < -0.3 is 15.4 Å². The topological polar surface area (TPSA) is 67.4 Å². The van der Waals surface area contributed by atoms with Crippen LogP contribution in [0.3, 0.4) is 0 Å². The zero-order chi connectivity index (χ0) is 20.3. The normalized spacial score (nSPS) is 14.6. The van der Waals surface area contributed by atoms with Crippen molar-refractivity contribution in [2.75, 3.05) is 10.6 Å². The number of amides is 2. The summed E-state index contributed by atoms with van der Waals surface area (Å²) in [6, 6.07) is 15.0. The van der Waals surface area contributed by atoms with Crippen LogP contribution in [0.2, 0.25) is 0 Å². The Hall–Kier alpha value is -2.82. The van der Waals surface area contributed by atoms with Crippen molar-refractivity contribution < 1.29 is 14.3 Å². The minimum atomic E-state index is -1.01. The second-order valence-corrected chi connectivity index (χ2v) is 7.93. The van der Waals surface area contributed by atoms with Crippen LogP contribution in [0.5, 0.6) is 5.75 Å². The van der Waals surface area contributed by atoms with Crippen LogP contribution >= 0.6 is 0 Å². The van der Waals surface area contributed by atoms with Crippen LogP contribution in [0.1, 0.15) is 52.0 Å². The number of benzene rings is 2. The molecule has 0 bridgehead atoms. The van der Waals surface area contributed by atoms with Gasteiger partial charge >= 0.3 is 0 Å². The van der Waals surface area contributed by atoms with Gasteiger partial charge in [0.15, 0.2) is 0 Å². The zero-order valence-corrected chi connectivity index (χ0v) is 16.9. The first-order chi connectivity index (χ1) is 13.3. The Labute approximate surface area is 166 Å². The summed E-state index contributed by atoms with van der Waals surface area (Å²) in [4.78, 5) is 25.7. The van der Waals surface area contributed by atoms with Gasteiger partial charge in [0.1, 0.15) is 11.2 Å². The maximum atomic E-state index is 12.9. The Balaban J connectivity index is 1.69. The van der Waals surface area contributed by atoms with Crippen LogP contribution in [-0.4, -0.2) is 17.9 Å². The van der Waals surface area contributed by atoms with Gasteiger partial charge in [-0.1, -0.05) is 38.1 Å². The molecule has 5 nitrogen and oxygen atoms in total. The molecule has 1 saturated carbocycles. The highest BCUT2D eigenvalue weighted by Crippen LogP contribution is 2.48. The second-order valence-electron chi connectivity index (χ2n) is 7.93. The Kier molecular flexibility index (Phi) is 5.73. The number of anilines is 2. The van der Waals surface area contributed by atoms with E-state index in [0.717, 1.165) is 0 Å². The van der Waals surface area contributed by atoms with Crippen LogP contribution in [0.15, 0.2) is 48.5 Å². The molecule has 0 unspecified atom stereocenters. The van der Waals surface area contributed by atoms with Crippen LogP contribution in [0.4, 0.5) is 11.4 Å². The molecule has 2 aromatic rings. The summed E-state index contributed by atoms with van der Waals surface area (Å²) in [5, 5.41) is 5.78. The number of hydrogen-bond donors (Lipinski definition) is 2. The van der Waals surface area contributed by atoms with Crippen molar-refractivity contribution in [2.45, 2.75) is 52.6 Å². The predicted octanol–water partition coefficient (Wildman–Crippen LogP) is 4.95. The van der Waals surface area contributed by atoms with E-state index in [4.69, 9.17) is 4.74 Å². The fourth-order valence-corrected chi connectivity index (χ4v) is 3.05. The van der Waals surface area contributed by atoms with E-state index in [1.165, 1.54) is 5.56 Å². The summed E-state index contributed by atoms with van der Waals surface area (Å²) in [5.74, 6) is 0.484. The molecule has 1 aliphatic carbocycles. The first-order valence-corrected chi connectivity index (χ1v) is 9.80. The number of hydrogen-bond acceptors (Lipinski definition) is 3. The van der Waals surface area contributed by atoms with E-state index < -0.39 is 5.41 Å². The van der Waals surface area contributed by atoms with Gasteiger partial charge in [-0.15, -0.1) is 0 Å². The second kappa shape index (κ2) is 8.05. The molecular formula is C23H28N2O3. The Morgan fingerprint density at radius 3 is 2.07 bits per heavy atom. The molecule has 148 valence electrons. The SMILES string of the molecule is CC(C)Oc1ccccc1NC(=O)C1(C(=O)Nc2ccc(C(C)C)cc2)CC1. The third-order valence-corrected chi connectivity index (χ3v) is 4.95. The van der Waals surface area contributed by atoms with Gasteiger partial charge in [0.2, 0.25) is 11.8 Å². The van der Waals surface area contributed by atoms with Crippen molar-refractivity contribution in [3.8, 4) is 5.75 Å². The summed E-state index contributed by atoms with van der Waals surface area (Å²) < 4.78 is 5.75. The van der Waals surface area contributed by atoms with Gasteiger partial charge in [0.25, 0.3) is 0 Å². The quantitative estimate of drug-likeness (QED) is 0.668. The number of carbonyl (C=O) groups is 2. The lowest BCUT2D eigenvalue weighted by molar-refractivity contribution is -0.131. The summed E-state index contributed by atoms with van der Waals surface area (Å²) in [5.41, 5.74) is 1.49. The zero-order valence-electron chi connectivity index (χ0n) is 16.9. The summed E-state index contributed by atoms with van der Waals surface area (Å²) in [7, 11) is 0. The van der Waals surface area contributed by atoms with Crippen molar-refractivity contribution in [2.24, 2.45) is 5.41 Å². The Bertz CT molecular complexity index is 852. The van der Waals surface area contributed by atoms with Crippen molar-refractivity contribution >= 4 is 23.2 Å². The van der Waals surface area contributed by atoms with Gasteiger partial charge in [-0.2, -0.15) is 0 Å². The Morgan fingerprint density at radius 2 is 1.50 bits per heavy atom. The number of rotatable bonds is 7. The number of ether oxygens (including phenoxy) is 1. The number of nitrogens with one attached hydrogen (secondary N) is 2. The average Bonchev–Trinajstić information content (AvgIpc) is 3.45.